The van der Waals surface area contributed by atoms with Crippen LogP contribution in [0.15, 0.2) is 115 Å². The first-order chi connectivity index (χ1) is 15.9. The Bertz CT molecular complexity index is 1770. The van der Waals surface area contributed by atoms with E-state index >= 15 is 0 Å². The van der Waals surface area contributed by atoms with Crippen molar-refractivity contribution < 1.29 is 0 Å². The van der Waals surface area contributed by atoms with E-state index in [2.05, 4.69) is 120 Å². The molecule has 0 N–H and O–H groups in total. The van der Waals surface area contributed by atoms with Crippen LogP contribution in [0.4, 0.5) is 0 Å². The molecule has 150 valence electrons. The van der Waals surface area contributed by atoms with Crippen LogP contribution in [0.5, 0.6) is 0 Å². The zero-order valence-electron chi connectivity index (χ0n) is 17.3. The Kier molecular flexibility index (Phi) is 3.78. The van der Waals surface area contributed by atoms with E-state index < -0.39 is 0 Å². The molecule has 0 unspecified atom stereocenters. The second kappa shape index (κ2) is 6.81. The van der Waals surface area contributed by atoms with Crippen LogP contribution >= 0.6 is 11.3 Å². The fourth-order valence-corrected chi connectivity index (χ4v) is 6.11. The molecule has 5 aromatic carbocycles. The first kappa shape index (κ1) is 17.8. The molecule has 2 heterocycles. The summed E-state index contributed by atoms with van der Waals surface area (Å²) in [7, 11) is 0. The van der Waals surface area contributed by atoms with E-state index in [9.17, 15) is 0 Å². The van der Waals surface area contributed by atoms with Crippen molar-refractivity contribution in [3.63, 3.8) is 0 Å². The van der Waals surface area contributed by atoms with Crippen molar-refractivity contribution in [2.24, 2.45) is 0 Å². The van der Waals surface area contributed by atoms with E-state index in [0.717, 1.165) is 0 Å². The molecule has 0 bridgehead atoms. The smallest absolute Gasteiger partial charge is 0.0555 e. The van der Waals surface area contributed by atoms with Crippen LogP contribution in [0.25, 0.3) is 58.8 Å². The number of para-hydroxylation sites is 1. The minimum atomic E-state index is 1.24. The summed E-state index contributed by atoms with van der Waals surface area (Å²) in [5.74, 6) is 0. The second-order valence-corrected chi connectivity index (χ2v) is 9.28. The topological polar surface area (TPSA) is 4.93 Å². The van der Waals surface area contributed by atoms with Gasteiger partial charge in [0, 0.05) is 30.9 Å². The molecule has 7 aromatic rings. The van der Waals surface area contributed by atoms with Gasteiger partial charge in [0.05, 0.1) is 16.7 Å². The van der Waals surface area contributed by atoms with E-state index in [4.69, 9.17) is 0 Å². The van der Waals surface area contributed by atoms with Gasteiger partial charge < -0.3 is 4.57 Å². The van der Waals surface area contributed by atoms with Gasteiger partial charge in [-0.2, -0.15) is 0 Å². The lowest BCUT2D eigenvalue weighted by atomic mass is 10.0. The lowest BCUT2D eigenvalue weighted by Crippen LogP contribution is -1.94. The van der Waals surface area contributed by atoms with E-state index in [1.54, 1.807) is 0 Å². The molecule has 2 heteroatoms. The Morgan fingerprint density at radius 3 is 2.09 bits per heavy atom. The number of rotatable bonds is 2. The van der Waals surface area contributed by atoms with Gasteiger partial charge in [-0.15, -0.1) is 11.3 Å². The normalized spacial score (nSPS) is 11.8. The predicted octanol–water partition coefficient (Wildman–Crippen LogP) is 8.82. The van der Waals surface area contributed by atoms with Crippen LogP contribution in [0.1, 0.15) is 0 Å². The van der Waals surface area contributed by atoms with Crippen molar-refractivity contribution in [3.05, 3.63) is 115 Å². The predicted molar refractivity (Wildman–Crippen MR) is 139 cm³/mol. The molecule has 0 atom stereocenters. The number of benzene rings is 5. The summed E-state index contributed by atoms with van der Waals surface area (Å²) >= 11 is 1.87. The van der Waals surface area contributed by atoms with Crippen molar-refractivity contribution >= 4 is 53.3 Å². The van der Waals surface area contributed by atoms with Gasteiger partial charge in [0.1, 0.15) is 0 Å². The van der Waals surface area contributed by atoms with Crippen LogP contribution in [0.2, 0.25) is 0 Å². The molecule has 0 aliphatic carbocycles. The minimum absolute atomic E-state index is 1.24. The summed E-state index contributed by atoms with van der Waals surface area (Å²) in [5, 5.41) is 5.24. The summed E-state index contributed by atoms with van der Waals surface area (Å²) in [4.78, 5) is 0. The molecule has 32 heavy (non-hydrogen) atoms. The average Bonchev–Trinajstić information content (AvgIpc) is 3.40. The van der Waals surface area contributed by atoms with Crippen LogP contribution in [-0.2, 0) is 0 Å². The maximum Gasteiger partial charge on any atom is 0.0555 e. The zero-order valence-corrected chi connectivity index (χ0v) is 18.1. The molecule has 0 radical (unpaired) electrons. The molecular formula is C30H19NS. The molecule has 0 amide bonds. The number of thiophene rings is 1. The van der Waals surface area contributed by atoms with E-state index in [1.807, 2.05) is 11.3 Å². The van der Waals surface area contributed by atoms with E-state index in [1.165, 1.54) is 58.8 Å². The molecular weight excluding hydrogens is 406 g/mol. The third kappa shape index (κ3) is 2.50. The number of nitrogens with zero attached hydrogens (tertiary/aromatic N) is 1. The monoisotopic (exact) mass is 425 g/mol. The highest BCUT2D eigenvalue weighted by molar-refractivity contribution is 7.25. The van der Waals surface area contributed by atoms with Crippen LogP contribution < -0.4 is 0 Å². The summed E-state index contributed by atoms with van der Waals surface area (Å²) in [6.45, 7) is 0. The Morgan fingerprint density at radius 1 is 0.469 bits per heavy atom. The van der Waals surface area contributed by atoms with Crippen LogP contribution in [0, 0.1) is 0 Å². The van der Waals surface area contributed by atoms with Gasteiger partial charge in [0.15, 0.2) is 0 Å². The first-order valence-electron chi connectivity index (χ1n) is 10.9. The second-order valence-electron chi connectivity index (χ2n) is 8.20. The van der Waals surface area contributed by atoms with Crippen molar-refractivity contribution in [1.82, 2.24) is 4.57 Å². The van der Waals surface area contributed by atoms with Gasteiger partial charge in [-0.3, -0.25) is 0 Å². The summed E-state index contributed by atoms with van der Waals surface area (Å²) in [6, 6.07) is 41.7. The Morgan fingerprint density at radius 2 is 1.19 bits per heavy atom. The molecule has 1 nitrogen and oxygen atoms in total. The Hall–Kier alpha value is -3.88. The third-order valence-corrected chi connectivity index (χ3v) is 7.54. The maximum atomic E-state index is 2.45. The molecule has 0 aliphatic rings. The summed E-state index contributed by atoms with van der Waals surface area (Å²) < 4.78 is 5.11. The Balaban J connectivity index is 1.61. The zero-order chi connectivity index (χ0) is 21.1. The highest BCUT2D eigenvalue weighted by atomic mass is 32.1. The van der Waals surface area contributed by atoms with Crippen molar-refractivity contribution in [2.75, 3.05) is 0 Å². The van der Waals surface area contributed by atoms with Gasteiger partial charge in [-0.05, 0) is 47.5 Å². The SMILES string of the molecule is c1ccc(-c2ccc3c(c2)c2ccccc2n3-c2cccc3sc4ccccc4c23)cc1. The molecule has 0 aliphatic heterocycles. The van der Waals surface area contributed by atoms with Gasteiger partial charge in [0.25, 0.3) is 0 Å². The number of fused-ring (bicyclic) bond motifs is 6. The third-order valence-electron chi connectivity index (χ3n) is 6.40. The number of aromatic nitrogens is 1. The largest absolute Gasteiger partial charge is 0.309 e. The molecule has 7 rings (SSSR count). The van der Waals surface area contributed by atoms with E-state index in [0.29, 0.717) is 0 Å². The van der Waals surface area contributed by atoms with Crippen molar-refractivity contribution in [3.8, 4) is 16.8 Å². The first-order valence-corrected chi connectivity index (χ1v) is 11.7. The molecule has 0 saturated carbocycles. The number of hydrogen-bond donors (Lipinski definition) is 0. The fraction of sp³-hybridized carbons (Fsp3) is 0. The lowest BCUT2D eigenvalue weighted by molar-refractivity contribution is 1.20. The summed E-state index contributed by atoms with van der Waals surface area (Å²) in [6.07, 6.45) is 0. The molecule has 0 fully saturated rings. The molecule has 0 spiro atoms. The maximum absolute atomic E-state index is 2.45. The molecule has 0 saturated heterocycles. The van der Waals surface area contributed by atoms with Gasteiger partial charge in [-0.1, -0.05) is 78.9 Å². The highest BCUT2D eigenvalue weighted by Gasteiger charge is 2.16. The average molecular weight is 426 g/mol. The van der Waals surface area contributed by atoms with Crippen molar-refractivity contribution in [1.29, 1.82) is 0 Å². The standard InChI is InChI=1S/C30H19NS/c1-2-9-20(10-3-1)21-17-18-26-24(19-21)22-11-4-6-13-25(22)31(26)27-14-8-16-29-30(27)23-12-5-7-15-28(23)32-29/h1-19H. The molecule has 2 aromatic heterocycles. The fourth-order valence-electron chi connectivity index (χ4n) is 4.98. The van der Waals surface area contributed by atoms with Gasteiger partial charge in [-0.25, -0.2) is 0 Å². The quantitative estimate of drug-likeness (QED) is 0.261. The summed E-state index contributed by atoms with van der Waals surface area (Å²) in [5.41, 5.74) is 6.24. The van der Waals surface area contributed by atoms with E-state index in [-0.39, 0.29) is 0 Å². The lowest BCUT2D eigenvalue weighted by Gasteiger charge is -2.10. The van der Waals surface area contributed by atoms with Crippen LogP contribution in [-0.4, -0.2) is 4.57 Å². The minimum Gasteiger partial charge on any atom is -0.309 e. The highest BCUT2D eigenvalue weighted by Crippen LogP contribution is 2.41. The van der Waals surface area contributed by atoms with Gasteiger partial charge in [0.2, 0.25) is 0 Å². The van der Waals surface area contributed by atoms with Crippen molar-refractivity contribution in [2.45, 2.75) is 0 Å². The van der Waals surface area contributed by atoms with Gasteiger partial charge >= 0.3 is 0 Å². The Labute approximate surface area is 189 Å². The number of hydrogen-bond acceptors (Lipinski definition) is 1. The van der Waals surface area contributed by atoms with Crippen LogP contribution in [0.3, 0.4) is 0 Å².